The number of hydrogen-bond donors (Lipinski definition) is 0. The van der Waals surface area contributed by atoms with Crippen molar-refractivity contribution >= 4 is 11.7 Å². The molecule has 0 aliphatic carbocycles. The first kappa shape index (κ1) is 15.6. The molecule has 0 saturated carbocycles. The smallest absolute Gasteiger partial charge is 0.347 e. The number of aromatic nitrogens is 2. The molecule has 0 unspecified atom stereocenters. The van der Waals surface area contributed by atoms with Gasteiger partial charge in [-0.05, 0) is 18.2 Å². The Hall–Kier alpha value is -2.96. The van der Waals surface area contributed by atoms with E-state index in [1.165, 1.54) is 17.0 Å². The van der Waals surface area contributed by atoms with E-state index in [1.54, 1.807) is 23.1 Å². The summed E-state index contributed by atoms with van der Waals surface area (Å²) in [5.41, 5.74) is -0.524. The van der Waals surface area contributed by atoms with Gasteiger partial charge in [0, 0.05) is 25.4 Å². The summed E-state index contributed by atoms with van der Waals surface area (Å²) in [5.74, 6) is 0.443. The average Bonchev–Trinajstić information content (AvgIpc) is 3.00. The van der Waals surface area contributed by atoms with Crippen LogP contribution in [0.2, 0.25) is 0 Å². The first-order chi connectivity index (χ1) is 12.1. The Kier molecular flexibility index (Phi) is 3.63. The standard InChI is InChI=1S/C18H17N3O4/c22-14-10-18(25-15-5-2-1-4-13(14)15)6-9-21(12-18)16(23)11-20-8-3-7-19-17(20)24/h1-5,7-8H,6,9-12H2/t18-/m1/s1. The quantitative estimate of drug-likeness (QED) is 0.811. The summed E-state index contributed by atoms with van der Waals surface area (Å²) in [6.45, 7) is 0.789. The van der Waals surface area contributed by atoms with Gasteiger partial charge in [0.25, 0.3) is 0 Å². The first-order valence-electron chi connectivity index (χ1n) is 8.17. The minimum atomic E-state index is -0.666. The Morgan fingerprint density at radius 3 is 2.92 bits per heavy atom. The summed E-state index contributed by atoms with van der Waals surface area (Å²) in [6.07, 6.45) is 3.80. The number of nitrogens with zero attached hydrogens (tertiary/aromatic N) is 3. The highest BCUT2D eigenvalue weighted by Crippen LogP contribution is 2.38. The molecular weight excluding hydrogens is 322 g/mol. The van der Waals surface area contributed by atoms with Crippen LogP contribution in [0.5, 0.6) is 5.75 Å². The van der Waals surface area contributed by atoms with E-state index in [4.69, 9.17) is 4.74 Å². The molecule has 2 aromatic rings. The molecule has 1 amide bonds. The molecule has 2 aliphatic rings. The van der Waals surface area contributed by atoms with Crippen LogP contribution in [0.15, 0.2) is 47.5 Å². The van der Waals surface area contributed by atoms with Crippen molar-refractivity contribution in [3.8, 4) is 5.75 Å². The van der Waals surface area contributed by atoms with Gasteiger partial charge in [0.2, 0.25) is 5.91 Å². The van der Waals surface area contributed by atoms with Crippen LogP contribution in [0.25, 0.3) is 0 Å². The van der Waals surface area contributed by atoms with Crippen LogP contribution in [0.1, 0.15) is 23.2 Å². The highest BCUT2D eigenvalue weighted by molar-refractivity contribution is 6.00. The molecule has 1 spiro atoms. The zero-order valence-electron chi connectivity index (χ0n) is 13.6. The van der Waals surface area contributed by atoms with Crippen molar-refractivity contribution in [3.63, 3.8) is 0 Å². The van der Waals surface area contributed by atoms with Crippen LogP contribution in [0, 0.1) is 0 Å². The number of rotatable bonds is 2. The molecule has 25 heavy (non-hydrogen) atoms. The van der Waals surface area contributed by atoms with Gasteiger partial charge in [0.05, 0.1) is 18.5 Å². The van der Waals surface area contributed by atoms with Gasteiger partial charge in [-0.3, -0.25) is 14.2 Å². The molecule has 3 heterocycles. The molecule has 128 valence electrons. The van der Waals surface area contributed by atoms with E-state index >= 15 is 0 Å². The zero-order chi connectivity index (χ0) is 17.4. The SMILES string of the molecule is O=C1C[C@@]2(CCN(C(=O)Cn3cccnc3=O)C2)Oc2ccccc21. The zero-order valence-corrected chi connectivity index (χ0v) is 13.6. The van der Waals surface area contributed by atoms with Gasteiger partial charge >= 0.3 is 5.69 Å². The molecule has 7 nitrogen and oxygen atoms in total. The van der Waals surface area contributed by atoms with Gasteiger partial charge in [-0.25, -0.2) is 9.78 Å². The molecule has 0 bridgehead atoms. The van der Waals surface area contributed by atoms with Gasteiger partial charge < -0.3 is 9.64 Å². The van der Waals surface area contributed by atoms with Crippen LogP contribution in [-0.4, -0.2) is 44.8 Å². The number of para-hydroxylation sites is 1. The number of fused-ring (bicyclic) bond motifs is 1. The lowest BCUT2D eigenvalue weighted by molar-refractivity contribution is -0.131. The van der Waals surface area contributed by atoms with Crippen molar-refractivity contribution in [1.29, 1.82) is 0 Å². The topological polar surface area (TPSA) is 81.5 Å². The third-order valence-corrected chi connectivity index (χ3v) is 4.75. The maximum atomic E-state index is 12.5. The van der Waals surface area contributed by atoms with E-state index < -0.39 is 11.3 Å². The number of ether oxygens (including phenoxy) is 1. The molecule has 1 aromatic carbocycles. The van der Waals surface area contributed by atoms with E-state index in [9.17, 15) is 14.4 Å². The number of hydrogen-bond acceptors (Lipinski definition) is 5. The lowest BCUT2D eigenvalue weighted by Gasteiger charge is -2.34. The number of Topliss-reactive ketones (excluding diaryl/α,β-unsaturated/α-hetero) is 1. The third-order valence-electron chi connectivity index (χ3n) is 4.75. The summed E-state index contributed by atoms with van der Waals surface area (Å²) >= 11 is 0. The molecule has 1 atom stereocenters. The normalized spacial score (nSPS) is 21.9. The summed E-state index contributed by atoms with van der Waals surface area (Å²) < 4.78 is 7.38. The summed E-state index contributed by atoms with van der Waals surface area (Å²) in [7, 11) is 0. The summed E-state index contributed by atoms with van der Waals surface area (Å²) in [5, 5.41) is 0. The van der Waals surface area contributed by atoms with Gasteiger partial charge in [0.15, 0.2) is 5.78 Å². The number of benzene rings is 1. The Balaban J connectivity index is 1.50. The molecule has 1 fully saturated rings. The molecule has 0 N–H and O–H groups in total. The van der Waals surface area contributed by atoms with Crippen molar-refractivity contribution in [1.82, 2.24) is 14.5 Å². The number of carbonyl (C=O) groups is 2. The predicted octanol–water partition coefficient (Wildman–Crippen LogP) is 0.880. The van der Waals surface area contributed by atoms with Gasteiger partial charge in [-0.2, -0.15) is 0 Å². The molecule has 2 aliphatic heterocycles. The van der Waals surface area contributed by atoms with Gasteiger partial charge in [0.1, 0.15) is 17.9 Å². The fourth-order valence-corrected chi connectivity index (χ4v) is 3.48. The fraction of sp³-hybridized carbons (Fsp3) is 0.333. The first-order valence-corrected chi connectivity index (χ1v) is 8.17. The Labute approximate surface area is 143 Å². The highest BCUT2D eigenvalue weighted by Gasteiger charge is 2.46. The second-order valence-corrected chi connectivity index (χ2v) is 6.48. The lowest BCUT2D eigenvalue weighted by Crippen LogP contribution is -2.46. The highest BCUT2D eigenvalue weighted by atomic mass is 16.5. The number of amides is 1. The second-order valence-electron chi connectivity index (χ2n) is 6.48. The molecule has 0 radical (unpaired) electrons. The predicted molar refractivity (Wildman–Crippen MR) is 88.4 cm³/mol. The maximum Gasteiger partial charge on any atom is 0.347 e. The lowest BCUT2D eigenvalue weighted by atomic mass is 9.89. The minimum absolute atomic E-state index is 0.0413. The van der Waals surface area contributed by atoms with Crippen LogP contribution in [0.4, 0.5) is 0 Å². The Morgan fingerprint density at radius 2 is 2.08 bits per heavy atom. The third kappa shape index (κ3) is 2.82. The molecule has 7 heteroatoms. The second kappa shape index (κ2) is 5.84. The molecule has 1 saturated heterocycles. The monoisotopic (exact) mass is 339 g/mol. The van der Waals surface area contributed by atoms with Gasteiger partial charge in [-0.15, -0.1) is 0 Å². The van der Waals surface area contributed by atoms with E-state index in [0.717, 1.165) is 0 Å². The maximum absolute atomic E-state index is 12.5. The largest absolute Gasteiger partial charge is 0.484 e. The molecule has 1 aromatic heterocycles. The van der Waals surface area contributed by atoms with Crippen LogP contribution in [-0.2, 0) is 11.3 Å². The summed E-state index contributed by atoms with van der Waals surface area (Å²) in [4.78, 5) is 41.9. The minimum Gasteiger partial charge on any atom is -0.484 e. The van der Waals surface area contributed by atoms with Crippen LogP contribution >= 0.6 is 0 Å². The molecular formula is C18H17N3O4. The number of likely N-dealkylation sites (tertiary alicyclic amines) is 1. The van der Waals surface area contributed by atoms with Crippen molar-refractivity contribution in [2.24, 2.45) is 0 Å². The summed E-state index contributed by atoms with van der Waals surface area (Å²) in [6, 6.07) is 8.80. The van der Waals surface area contributed by atoms with Crippen molar-refractivity contribution in [2.75, 3.05) is 13.1 Å². The number of ketones is 1. The van der Waals surface area contributed by atoms with Gasteiger partial charge in [-0.1, -0.05) is 12.1 Å². The van der Waals surface area contributed by atoms with E-state index in [-0.39, 0.29) is 24.7 Å². The van der Waals surface area contributed by atoms with E-state index in [1.807, 2.05) is 12.1 Å². The fourth-order valence-electron chi connectivity index (χ4n) is 3.48. The van der Waals surface area contributed by atoms with Crippen molar-refractivity contribution in [3.05, 3.63) is 58.8 Å². The Morgan fingerprint density at radius 1 is 1.24 bits per heavy atom. The molecule has 4 rings (SSSR count). The van der Waals surface area contributed by atoms with E-state index in [2.05, 4.69) is 4.98 Å². The van der Waals surface area contributed by atoms with Crippen molar-refractivity contribution < 1.29 is 14.3 Å². The van der Waals surface area contributed by atoms with E-state index in [0.29, 0.717) is 30.8 Å². The Bertz CT molecular complexity index is 907. The van der Waals surface area contributed by atoms with Crippen molar-refractivity contribution in [2.45, 2.75) is 25.0 Å². The average molecular weight is 339 g/mol. The van der Waals surface area contributed by atoms with Crippen LogP contribution in [0.3, 0.4) is 0 Å². The van der Waals surface area contributed by atoms with Crippen LogP contribution < -0.4 is 10.4 Å². The number of carbonyl (C=O) groups excluding carboxylic acids is 2.